The second-order valence-corrected chi connectivity index (χ2v) is 5.91. The number of benzene rings is 2. The number of nitrogens with zero attached hydrogens (tertiary/aromatic N) is 5. The molecule has 3 rings (SSSR count). The Labute approximate surface area is 157 Å². The number of hydrogen-bond donors (Lipinski definition) is 2. The summed E-state index contributed by atoms with van der Waals surface area (Å²) in [4.78, 5) is 14.7. The number of aromatic nitrogens is 3. The molecule has 7 nitrogen and oxygen atoms in total. The van der Waals surface area contributed by atoms with Gasteiger partial charge in [-0.05, 0) is 11.6 Å². The number of rotatable bonds is 7. The lowest BCUT2D eigenvalue weighted by Crippen LogP contribution is -2.16. The molecule has 0 aliphatic heterocycles. The summed E-state index contributed by atoms with van der Waals surface area (Å²) in [6.45, 7) is 0.579. The van der Waals surface area contributed by atoms with Gasteiger partial charge in [-0.15, -0.1) is 0 Å². The van der Waals surface area contributed by atoms with Crippen molar-refractivity contribution < 1.29 is 4.39 Å². The highest BCUT2D eigenvalue weighted by molar-refractivity contribution is 5.80. The molecule has 2 N–H and O–H groups in total. The lowest BCUT2D eigenvalue weighted by molar-refractivity contribution is 0.626. The molecule has 0 spiro atoms. The van der Waals surface area contributed by atoms with Gasteiger partial charge in [-0.1, -0.05) is 48.5 Å². The molecule has 2 aromatic carbocycles. The molecule has 0 atom stereocenters. The van der Waals surface area contributed by atoms with E-state index < -0.39 is 0 Å². The summed E-state index contributed by atoms with van der Waals surface area (Å²) in [6, 6.07) is 16.3. The van der Waals surface area contributed by atoms with Gasteiger partial charge in [0, 0.05) is 26.2 Å². The Kier molecular flexibility index (Phi) is 5.88. The normalized spacial score (nSPS) is 10.8. The SMILES string of the molecule is CN(C)c1nc(NCc2ccccc2)nc(NN=Cc2ccccc2F)n1. The smallest absolute Gasteiger partial charge is 0.250 e. The molecule has 0 aliphatic rings. The van der Waals surface area contributed by atoms with E-state index in [-0.39, 0.29) is 11.8 Å². The fourth-order valence-corrected chi connectivity index (χ4v) is 2.21. The average Bonchev–Trinajstić information content (AvgIpc) is 2.68. The second-order valence-electron chi connectivity index (χ2n) is 5.91. The third-order valence-corrected chi connectivity index (χ3v) is 3.59. The molecular formula is C19H20FN7. The molecule has 0 aliphatic carbocycles. The van der Waals surface area contributed by atoms with Crippen molar-refractivity contribution in [2.24, 2.45) is 5.10 Å². The second kappa shape index (κ2) is 8.70. The zero-order valence-electron chi connectivity index (χ0n) is 15.1. The highest BCUT2D eigenvalue weighted by Gasteiger charge is 2.08. The first kappa shape index (κ1) is 18.2. The lowest BCUT2D eigenvalue weighted by atomic mass is 10.2. The molecular weight excluding hydrogens is 345 g/mol. The molecule has 0 bridgehead atoms. The highest BCUT2D eigenvalue weighted by Crippen LogP contribution is 2.13. The van der Waals surface area contributed by atoms with Gasteiger partial charge in [0.2, 0.25) is 17.8 Å². The predicted octanol–water partition coefficient (Wildman–Crippen LogP) is 3.13. The third-order valence-electron chi connectivity index (χ3n) is 3.59. The first-order valence-electron chi connectivity index (χ1n) is 8.36. The van der Waals surface area contributed by atoms with Crippen molar-refractivity contribution in [2.75, 3.05) is 29.7 Å². The van der Waals surface area contributed by atoms with E-state index in [1.807, 2.05) is 44.4 Å². The van der Waals surface area contributed by atoms with Gasteiger partial charge in [0.15, 0.2) is 0 Å². The van der Waals surface area contributed by atoms with Gasteiger partial charge in [-0.3, -0.25) is 0 Å². The zero-order valence-corrected chi connectivity index (χ0v) is 15.1. The van der Waals surface area contributed by atoms with Crippen molar-refractivity contribution in [3.8, 4) is 0 Å². The van der Waals surface area contributed by atoms with E-state index >= 15 is 0 Å². The van der Waals surface area contributed by atoms with Crippen LogP contribution in [0.1, 0.15) is 11.1 Å². The number of nitrogens with one attached hydrogen (secondary N) is 2. The Balaban J connectivity index is 1.74. The molecule has 8 heteroatoms. The largest absolute Gasteiger partial charge is 0.350 e. The van der Waals surface area contributed by atoms with Crippen LogP contribution in [-0.2, 0) is 6.54 Å². The van der Waals surface area contributed by atoms with Crippen molar-refractivity contribution in [3.05, 3.63) is 71.5 Å². The Hall–Kier alpha value is -3.55. The van der Waals surface area contributed by atoms with Crippen LogP contribution in [0.4, 0.5) is 22.2 Å². The first-order valence-corrected chi connectivity index (χ1v) is 8.36. The molecule has 1 heterocycles. The summed E-state index contributed by atoms with van der Waals surface area (Å²) < 4.78 is 13.6. The van der Waals surface area contributed by atoms with Gasteiger partial charge in [-0.25, -0.2) is 9.82 Å². The number of hydrazone groups is 1. The van der Waals surface area contributed by atoms with Crippen molar-refractivity contribution in [1.29, 1.82) is 0 Å². The molecule has 0 amide bonds. The van der Waals surface area contributed by atoms with E-state index in [4.69, 9.17) is 0 Å². The Bertz CT molecular complexity index is 913. The van der Waals surface area contributed by atoms with Crippen molar-refractivity contribution in [2.45, 2.75) is 6.54 Å². The van der Waals surface area contributed by atoms with Crippen LogP contribution in [0, 0.1) is 5.82 Å². The Morgan fingerprint density at radius 2 is 1.67 bits per heavy atom. The maximum atomic E-state index is 13.6. The maximum absolute atomic E-state index is 13.6. The van der Waals surface area contributed by atoms with Gasteiger partial charge in [0.1, 0.15) is 5.82 Å². The van der Waals surface area contributed by atoms with Gasteiger partial charge < -0.3 is 10.2 Å². The minimum absolute atomic E-state index is 0.261. The molecule has 0 fully saturated rings. The first-order chi connectivity index (χ1) is 13.1. The number of anilines is 3. The molecule has 27 heavy (non-hydrogen) atoms. The van der Waals surface area contributed by atoms with Gasteiger partial charge in [0.05, 0.1) is 6.21 Å². The van der Waals surface area contributed by atoms with Gasteiger partial charge in [0.25, 0.3) is 0 Å². The fourth-order valence-electron chi connectivity index (χ4n) is 2.21. The standard InChI is InChI=1S/C19H20FN7/c1-27(2)19-24-17(21-12-14-8-4-3-5-9-14)23-18(25-19)26-22-13-15-10-6-7-11-16(15)20/h3-11,13H,12H2,1-2H3,(H2,21,23,24,25,26). The maximum Gasteiger partial charge on any atom is 0.250 e. The van der Waals surface area contributed by atoms with Crippen molar-refractivity contribution in [1.82, 2.24) is 15.0 Å². The van der Waals surface area contributed by atoms with Crippen LogP contribution in [0.2, 0.25) is 0 Å². The van der Waals surface area contributed by atoms with Crippen LogP contribution >= 0.6 is 0 Å². The average molecular weight is 365 g/mol. The molecule has 3 aromatic rings. The van der Waals surface area contributed by atoms with Gasteiger partial charge >= 0.3 is 0 Å². The summed E-state index contributed by atoms with van der Waals surface area (Å²) in [6.07, 6.45) is 1.38. The van der Waals surface area contributed by atoms with E-state index in [2.05, 4.69) is 30.8 Å². The van der Waals surface area contributed by atoms with Crippen molar-refractivity contribution >= 4 is 24.1 Å². The summed E-state index contributed by atoms with van der Waals surface area (Å²) in [5, 5.41) is 7.19. The predicted molar refractivity (Wildman–Crippen MR) is 106 cm³/mol. The van der Waals surface area contributed by atoms with Crippen LogP contribution < -0.4 is 15.6 Å². The number of hydrogen-bond acceptors (Lipinski definition) is 7. The summed E-state index contributed by atoms with van der Waals surface area (Å²) in [5.41, 5.74) is 4.21. The lowest BCUT2D eigenvalue weighted by Gasteiger charge is -2.13. The van der Waals surface area contributed by atoms with Crippen LogP contribution in [-0.4, -0.2) is 35.3 Å². The van der Waals surface area contributed by atoms with E-state index in [0.717, 1.165) is 5.56 Å². The zero-order chi connectivity index (χ0) is 19.1. The summed E-state index contributed by atoms with van der Waals surface area (Å²) >= 11 is 0. The van der Waals surface area contributed by atoms with E-state index in [9.17, 15) is 4.39 Å². The van der Waals surface area contributed by atoms with Crippen LogP contribution in [0.3, 0.4) is 0 Å². The summed E-state index contributed by atoms with van der Waals surface area (Å²) in [7, 11) is 3.67. The van der Waals surface area contributed by atoms with E-state index in [0.29, 0.717) is 24.0 Å². The molecule has 0 saturated carbocycles. The molecule has 138 valence electrons. The van der Waals surface area contributed by atoms with Crippen LogP contribution in [0.5, 0.6) is 0 Å². The third kappa shape index (κ3) is 5.21. The Morgan fingerprint density at radius 1 is 0.963 bits per heavy atom. The van der Waals surface area contributed by atoms with E-state index in [1.165, 1.54) is 12.3 Å². The Morgan fingerprint density at radius 3 is 2.41 bits per heavy atom. The van der Waals surface area contributed by atoms with Crippen LogP contribution in [0.15, 0.2) is 59.7 Å². The molecule has 1 aromatic heterocycles. The van der Waals surface area contributed by atoms with Gasteiger partial charge in [-0.2, -0.15) is 20.1 Å². The molecule has 0 radical (unpaired) electrons. The monoisotopic (exact) mass is 365 g/mol. The molecule has 0 unspecified atom stereocenters. The minimum Gasteiger partial charge on any atom is -0.350 e. The quantitative estimate of drug-likeness (QED) is 0.495. The van der Waals surface area contributed by atoms with Crippen molar-refractivity contribution in [3.63, 3.8) is 0 Å². The fraction of sp³-hybridized carbons (Fsp3) is 0.158. The topological polar surface area (TPSA) is 78.3 Å². The van der Waals surface area contributed by atoms with E-state index in [1.54, 1.807) is 23.1 Å². The summed E-state index contributed by atoms with van der Waals surface area (Å²) in [5.74, 6) is 0.806. The van der Waals surface area contributed by atoms with Crippen LogP contribution in [0.25, 0.3) is 0 Å². The highest BCUT2D eigenvalue weighted by atomic mass is 19.1. The minimum atomic E-state index is -0.349. The molecule has 0 saturated heterocycles. The number of halogens is 1.